The largest absolute Gasteiger partial charge is 0.491 e. The van der Waals surface area contributed by atoms with Gasteiger partial charge in [-0.3, -0.25) is 0 Å². The average molecular weight is 547 g/mol. The van der Waals surface area contributed by atoms with Crippen molar-refractivity contribution < 1.29 is 19.3 Å². The van der Waals surface area contributed by atoms with Crippen molar-refractivity contribution in [3.05, 3.63) is 59.7 Å². The van der Waals surface area contributed by atoms with Crippen LogP contribution in [0.15, 0.2) is 48.5 Å². The second kappa shape index (κ2) is 15.8. The van der Waals surface area contributed by atoms with Gasteiger partial charge in [0.05, 0.1) is 12.7 Å². The predicted molar refractivity (Wildman–Crippen MR) is 165 cm³/mol. The molecule has 1 aliphatic heterocycles. The Bertz CT molecular complexity index is 894. The topological polar surface area (TPSA) is 51.2 Å². The van der Waals surface area contributed by atoms with Crippen molar-refractivity contribution in [1.29, 1.82) is 0 Å². The quantitative estimate of drug-likeness (QED) is 0.270. The van der Waals surface area contributed by atoms with Crippen molar-refractivity contribution in [2.45, 2.75) is 105 Å². The van der Waals surface area contributed by atoms with Gasteiger partial charge in [0.25, 0.3) is 0 Å². The predicted octanol–water partition coefficient (Wildman–Crippen LogP) is 8.53. The molecule has 1 N–H and O–H groups in total. The minimum Gasteiger partial charge on any atom is -0.491 e. The summed E-state index contributed by atoms with van der Waals surface area (Å²) in [7, 11) is 0. The summed E-state index contributed by atoms with van der Waals surface area (Å²) in [5.41, 5.74) is 2.56. The lowest BCUT2D eigenvalue weighted by Crippen LogP contribution is -2.28. The minimum atomic E-state index is -0.493. The second-order valence-electron chi connectivity index (χ2n) is 11.7. The maximum Gasteiger partial charge on any atom is 0.119 e. The molecule has 0 bridgehead atoms. The Kier molecular flexibility index (Phi) is 14.3. The van der Waals surface area contributed by atoms with Gasteiger partial charge in [-0.15, -0.1) is 0 Å². The highest BCUT2D eigenvalue weighted by atomic mass is 32.2. The number of ether oxygens (including phenoxy) is 3. The van der Waals surface area contributed by atoms with Crippen molar-refractivity contribution in [2.24, 2.45) is 5.41 Å². The number of hydrogen-bond acceptors (Lipinski definition) is 5. The summed E-state index contributed by atoms with van der Waals surface area (Å²) in [6, 6.07) is 16.5. The van der Waals surface area contributed by atoms with E-state index in [1.807, 2.05) is 63.7 Å². The van der Waals surface area contributed by atoms with Crippen LogP contribution in [0.1, 0.15) is 93.7 Å². The normalized spacial score (nSPS) is 15.8. The van der Waals surface area contributed by atoms with Gasteiger partial charge in [0.2, 0.25) is 0 Å². The molecule has 1 heterocycles. The molecule has 0 aliphatic carbocycles. The first-order chi connectivity index (χ1) is 17.8. The summed E-state index contributed by atoms with van der Waals surface area (Å²) in [5.74, 6) is 2.32. The standard InChI is InChI=1S/C29H42O4S.2C2H6/c1-27(2,3)20-28(4,5)34-19-23(30)16-31-24-12-8-21(9-13-24)29(6,7)22-10-14-25(15-11-22)32-17-26-18-33-26;2*1-2/h8-15,23,26,30H,16-20H2,1-7H3;2*1-2H3. The molecule has 2 aromatic carbocycles. The molecule has 5 heteroatoms. The van der Waals surface area contributed by atoms with E-state index in [9.17, 15) is 5.11 Å². The molecule has 0 spiro atoms. The summed E-state index contributed by atoms with van der Waals surface area (Å²) < 4.78 is 17.0. The van der Waals surface area contributed by atoms with E-state index in [1.165, 1.54) is 11.1 Å². The lowest BCUT2D eigenvalue weighted by molar-refractivity contribution is 0.126. The maximum absolute atomic E-state index is 10.4. The second-order valence-corrected chi connectivity index (χ2v) is 13.4. The van der Waals surface area contributed by atoms with Gasteiger partial charge in [0, 0.05) is 15.9 Å². The molecule has 1 aliphatic rings. The van der Waals surface area contributed by atoms with Gasteiger partial charge >= 0.3 is 0 Å². The van der Waals surface area contributed by atoms with Crippen LogP contribution in [0.25, 0.3) is 0 Å². The fourth-order valence-electron chi connectivity index (χ4n) is 4.35. The number of aliphatic hydroxyl groups is 1. The number of aliphatic hydroxyl groups excluding tert-OH is 1. The zero-order chi connectivity index (χ0) is 29.0. The van der Waals surface area contributed by atoms with E-state index < -0.39 is 6.10 Å². The molecule has 2 aromatic rings. The monoisotopic (exact) mass is 546 g/mol. The van der Waals surface area contributed by atoms with Crippen LogP contribution in [0.4, 0.5) is 0 Å². The Morgan fingerprint density at radius 3 is 1.68 bits per heavy atom. The van der Waals surface area contributed by atoms with Gasteiger partial charge in [0.15, 0.2) is 0 Å². The first-order valence-corrected chi connectivity index (χ1v) is 15.2. The third kappa shape index (κ3) is 12.4. The van der Waals surface area contributed by atoms with Crippen molar-refractivity contribution in [3.63, 3.8) is 0 Å². The number of rotatable bonds is 12. The average Bonchev–Trinajstić information content (AvgIpc) is 3.71. The summed E-state index contributed by atoms with van der Waals surface area (Å²) in [4.78, 5) is 0. The lowest BCUT2D eigenvalue weighted by Gasteiger charge is -2.32. The number of thioether (sulfide) groups is 1. The maximum atomic E-state index is 10.4. The van der Waals surface area contributed by atoms with Gasteiger partial charge in [-0.25, -0.2) is 0 Å². The van der Waals surface area contributed by atoms with Gasteiger partial charge in [-0.05, 0) is 47.2 Å². The minimum absolute atomic E-state index is 0.127. The molecule has 1 saturated heterocycles. The van der Waals surface area contributed by atoms with Gasteiger partial charge in [0.1, 0.15) is 30.8 Å². The van der Waals surface area contributed by atoms with Crippen LogP contribution in [0.3, 0.4) is 0 Å². The number of hydrogen-bond donors (Lipinski definition) is 1. The van der Waals surface area contributed by atoms with E-state index in [4.69, 9.17) is 14.2 Å². The first-order valence-electron chi connectivity index (χ1n) is 14.2. The molecule has 4 nitrogen and oxygen atoms in total. The van der Waals surface area contributed by atoms with Gasteiger partial charge in [-0.1, -0.05) is 100 Å². The first kappa shape index (κ1) is 34.3. The van der Waals surface area contributed by atoms with Crippen LogP contribution in [-0.4, -0.2) is 47.6 Å². The molecule has 0 amide bonds. The molecule has 3 rings (SSSR count). The zero-order valence-electron chi connectivity index (χ0n) is 25.9. The molecule has 1 fully saturated rings. The van der Waals surface area contributed by atoms with Crippen molar-refractivity contribution >= 4 is 11.8 Å². The van der Waals surface area contributed by atoms with Gasteiger partial charge < -0.3 is 19.3 Å². The van der Waals surface area contributed by atoms with Crippen LogP contribution in [0.5, 0.6) is 11.5 Å². The smallest absolute Gasteiger partial charge is 0.119 e. The summed E-state index contributed by atoms with van der Waals surface area (Å²) in [6.07, 6.45) is 0.866. The number of benzene rings is 2. The van der Waals surface area contributed by atoms with Crippen LogP contribution < -0.4 is 9.47 Å². The number of epoxide rings is 1. The highest BCUT2D eigenvalue weighted by Crippen LogP contribution is 2.37. The third-order valence-electron chi connectivity index (χ3n) is 6.06. The fraction of sp³-hybridized carbons (Fsp3) is 0.636. The Labute approximate surface area is 237 Å². The van der Waals surface area contributed by atoms with Crippen LogP contribution >= 0.6 is 11.8 Å². The van der Waals surface area contributed by atoms with Crippen molar-refractivity contribution in [2.75, 3.05) is 25.6 Å². The van der Waals surface area contributed by atoms with Crippen LogP contribution in [-0.2, 0) is 10.2 Å². The molecule has 0 aromatic heterocycles. The molecule has 2 atom stereocenters. The molecular formula is C33H54O4S. The van der Waals surface area contributed by atoms with E-state index in [-0.39, 0.29) is 21.7 Å². The van der Waals surface area contributed by atoms with E-state index in [1.54, 1.807) is 0 Å². The highest BCUT2D eigenvalue weighted by Gasteiger charge is 2.27. The SMILES string of the molecule is CC.CC.CC(C)(C)CC(C)(C)SCC(O)COc1ccc(C(C)(C)c2ccc(OCC3CO3)cc2)cc1. The molecule has 0 radical (unpaired) electrons. The molecule has 0 saturated carbocycles. The molecule has 38 heavy (non-hydrogen) atoms. The Morgan fingerprint density at radius 2 is 1.26 bits per heavy atom. The highest BCUT2D eigenvalue weighted by molar-refractivity contribution is 8.00. The molecule has 2 unspecified atom stereocenters. The Morgan fingerprint density at radius 1 is 0.816 bits per heavy atom. The molecular weight excluding hydrogens is 492 g/mol. The third-order valence-corrected chi connectivity index (χ3v) is 7.53. The molecule has 216 valence electrons. The Hall–Kier alpha value is -1.69. The summed E-state index contributed by atoms with van der Waals surface area (Å²) in [5, 5.41) is 10.4. The van der Waals surface area contributed by atoms with Gasteiger partial charge in [-0.2, -0.15) is 11.8 Å². The summed E-state index contributed by atoms with van der Waals surface area (Å²) in [6.45, 7) is 25.4. The van der Waals surface area contributed by atoms with Crippen molar-refractivity contribution in [3.8, 4) is 11.5 Å². The van der Waals surface area contributed by atoms with Crippen molar-refractivity contribution in [1.82, 2.24) is 0 Å². The summed E-state index contributed by atoms with van der Waals surface area (Å²) >= 11 is 1.82. The van der Waals surface area contributed by atoms with E-state index in [0.717, 1.165) is 24.5 Å². The fourth-order valence-corrected chi connectivity index (χ4v) is 5.62. The zero-order valence-corrected chi connectivity index (χ0v) is 26.7. The lowest BCUT2D eigenvalue weighted by atomic mass is 9.78. The van der Waals surface area contributed by atoms with Crippen LogP contribution in [0, 0.1) is 5.41 Å². The van der Waals surface area contributed by atoms with E-state index in [0.29, 0.717) is 19.0 Å². The Balaban J connectivity index is 0.00000172. The van der Waals surface area contributed by atoms with Crippen LogP contribution in [0.2, 0.25) is 0 Å². The van der Waals surface area contributed by atoms with E-state index in [2.05, 4.69) is 72.7 Å². The van der Waals surface area contributed by atoms with E-state index >= 15 is 0 Å².